The maximum Gasteiger partial charge on any atom is 0.306 e. The molecule has 2 aromatic rings. The molecule has 2 rings (SSSR count). The van der Waals surface area contributed by atoms with E-state index in [2.05, 4.69) is 28.8 Å². The van der Waals surface area contributed by atoms with Crippen LogP contribution in [-0.2, 0) is 23.0 Å². The summed E-state index contributed by atoms with van der Waals surface area (Å²) in [7, 11) is 2.04. The van der Waals surface area contributed by atoms with Crippen molar-refractivity contribution in [3.8, 4) is 11.3 Å². The maximum atomic E-state index is 11.5. The molecule has 0 unspecified atom stereocenters. The van der Waals surface area contributed by atoms with Crippen molar-refractivity contribution in [3.05, 3.63) is 48.2 Å². The molecule has 3 nitrogen and oxygen atoms in total. The van der Waals surface area contributed by atoms with Gasteiger partial charge in [0.1, 0.15) is 0 Å². The Morgan fingerprint density at radius 2 is 1.90 bits per heavy atom. The van der Waals surface area contributed by atoms with Crippen molar-refractivity contribution < 1.29 is 9.53 Å². The third-order valence-electron chi connectivity index (χ3n) is 3.35. The Morgan fingerprint density at radius 3 is 2.60 bits per heavy atom. The minimum absolute atomic E-state index is 0.116. The smallest absolute Gasteiger partial charge is 0.306 e. The summed E-state index contributed by atoms with van der Waals surface area (Å²) in [6, 6.07) is 14.4. The molecule has 0 fully saturated rings. The van der Waals surface area contributed by atoms with Crippen LogP contribution in [0.5, 0.6) is 0 Å². The van der Waals surface area contributed by atoms with Crippen molar-refractivity contribution in [2.24, 2.45) is 7.05 Å². The van der Waals surface area contributed by atoms with Gasteiger partial charge < -0.3 is 9.30 Å². The molecule has 3 heteroatoms. The Balaban J connectivity index is 2.01. The van der Waals surface area contributed by atoms with E-state index in [0.717, 1.165) is 12.1 Å². The van der Waals surface area contributed by atoms with Crippen LogP contribution in [0.3, 0.4) is 0 Å². The number of nitrogens with zero attached hydrogens (tertiary/aromatic N) is 1. The van der Waals surface area contributed by atoms with Gasteiger partial charge in [-0.05, 0) is 30.5 Å². The number of hydrogen-bond acceptors (Lipinski definition) is 2. The molecule has 1 aromatic carbocycles. The molecule has 0 atom stereocenters. The van der Waals surface area contributed by atoms with Crippen LogP contribution in [0.1, 0.15) is 25.5 Å². The zero-order valence-corrected chi connectivity index (χ0v) is 12.1. The molecule has 1 heterocycles. The quantitative estimate of drug-likeness (QED) is 0.752. The summed E-state index contributed by atoms with van der Waals surface area (Å²) >= 11 is 0. The van der Waals surface area contributed by atoms with Gasteiger partial charge in [0.05, 0.1) is 13.0 Å². The Bertz CT molecular complexity index is 558. The van der Waals surface area contributed by atoms with Crippen LogP contribution >= 0.6 is 0 Å². The fourth-order valence-electron chi connectivity index (χ4n) is 2.22. The number of hydrogen-bond donors (Lipinski definition) is 0. The van der Waals surface area contributed by atoms with Crippen LogP contribution in [0.15, 0.2) is 42.5 Å². The molecular formula is C17H21NO2. The lowest BCUT2D eigenvalue weighted by atomic mass is 10.2. The molecule has 106 valence electrons. The summed E-state index contributed by atoms with van der Waals surface area (Å²) in [4.78, 5) is 11.5. The number of aryl methyl sites for hydroxylation is 1. The van der Waals surface area contributed by atoms with Crippen molar-refractivity contribution >= 4 is 5.97 Å². The molecule has 0 N–H and O–H groups in total. The van der Waals surface area contributed by atoms with Crippen LogP contribution < -0.4 is 0 Å². The third kappa shape index (κ3) is 3.50. The molecule has 20 heavy (non-hydrogen) atoms. The van der Waals surface area contributed by atoms with Gasteiger partial charge in [-0.2, -0.15) is 0 Å². The van der Waals surface area contributed by atoms with Gasteiger partial charge in [-0.15, -0.1) is 0 Å². The molecule has 0 amide bonds. The van der Waals surface area contributed by atoms with Crippen LogP contribution in [-0.4, -0.2) is 17.1 Å². The lowest BCUT2D eigenvalue weighted by Crippen LogP contribution is -2.08. The lowest BCUT2D eigenvalue weighted by molar-refractivity contribution is -0.143. The van der Waals surface area contributed by atoms with Gasteiger partial charge in [0.25, 0.3) is 0 Å². The summed E-state index contributed by atoms with van der Waals surface area (Å²) < 4.78 is 7.24. The largest absolute Gasteiger partial charge is 0.466 e. The molecule has 1 aromatic heterocycles. The minimum atomic E-state index is -0.116. The summed E-state index contributed by atoms with van der Waals surface area (Å²) in [6.07, 6.45) is 2.02. The highest BCUT2D eigenvalue weighted by atomic mass is 16.5. The first-order valence-corrected chi connectivity index (χ1v) is 7.08. The fraction of sp³-hybridized carbons (Fsp3) is 0.353. The topological polar surface area (TPSA) is 31.2 Å². The second-order valence-corrected chi connectivity index (χ2v) is 4.86. The summed E-state index contributed by atoms with van der Waals surface area (Å²) in [5.74, 6) is -0.116. The SMILES string of the molecule is CCCOC(=O)CCc1ccc(-c2ccccc2)n1C. The zero-order chi connectivity index (χ0) is 14.4. The molecule has 0 saturated carbocycles. The standard InChI is InChI=1S/C17H21NO2/c1-3-13-20-17(19)12-10-15-9-11-16(18(15)2)14-7-5-4-6-8-14/h4-9,11H,3,10,12-13H2,1-2H3. The van der Waals surface area contributed by atoms with Crippen molar-refractivity contribution in [1.82, 2.24) is 4.57 Å². The van der Waals surface area contributed by atoms with E-state index in [1.807, 2.05) is 32.2 Å². The van der Waals surface area contributed by atoms with E-state index >= 15 is 0 Å². The van der Waals surface area contributed by atoms with E-state index < -0.39 is 0 Å². The lowest BCUT2D eigenvalue weighted by Gasteiger charge is -2.08. The average Bonchev–Trinajstić information content (AvgIpc) is 2.85. The Labute approximate surface area is 120 Å². The summed E-state index contributed by atoms with van der Waals surface area (Å²) in [5.41, 5.74) is 3.51. The Kier molecular flexibility index (Phi) is 4.99. The number of aromatic nitrogens is 1. The van der Waals surface area contributed by atoms with E-state index in [-0.39, 0.29) is 5.97 Å². The van der Waals surface area contributed by atoms with Crippen molar-refractivity contribution in [1.29, 1.82) is 0 Å². The molecule has 0 saturated heterocycles. The molecule has 0 aliphatic rings. The number of ether oxygens (including phenoxy) is 1. The second kappa shape index (κ2) is 6.94. The highest BCUT2D eigenvalue weighted by molar-refractivity contribution is 5.69. The van der Waals surface area contributed by atoms with Gasteiger partial charge in [0, 0.05) is 18.4 Å². The van der Waals surface area contributed by atoms with Gasteiger partial charge in [0.2, 0.25) is 0 Å². The maximum absolute atomic E-state index is 11.5. The highest BCUT2D eigenvalue weighted by Crippen LogP contribution is 2.21. The van der Waals surface area contributed by atoms with Crippen LogP contribution in [0.4, 0.5) is 0 Å². The van der Waals surface area contributed by atoms with Gasteiger partial charge >= 0.3 is 5.97 Å². The van der Waals surface area contributed by atoms with Gasteiger partial charge in [0.15, 0.2) is 0 Å². The number of benzene rings is 1. The number of esters is 1. The normalized spacial score (nSPS) is 10.5. The Hall–Kier alpha value is -2.03. The van der Waals surface area contributed by atoms with Gasteiger partial charge in [-0.25, -0.2) is 0 Å². The van der Waals surface area contributed by atoms with E-state index in [1.54, 1.807) is 0 Å². The zero-order valence-electron chi connectivity index (χ0n) is 12.1. The van der Waals surface area contributed by atoms with E-state index in [4.69, 9.17) is 4.74 Å². The first-order chi connectivity index (χ1) is 9.72. The first-order valence-electron chi connectivity index (χ1n) is 7.08. The van der Waals surface area contributed by atoms with Crippen LogP contribution in [0, 0.1) is 0 Å². The number of carbonyl (C=O) groups is 1. The number of rotatable bonds is 6. The monoisotopic (exact) mass is 271 g/mol. The van der Waals surface area contributed by atoms with Crippen LogP contribution in [0.2, 0.25) is 0 Å². The third-order valence-corrected chi connectivity index (χ3v) is 3.35. The molecule has 0 bridgehead atoms. The summed E-state index contributed by atoms with van der Waals surface area (Å²) in [5, 5.41) is 0. The Morgan fingerprint density at radius 1 is 1.15 bits per heavy atom. The minimum Gasteiger partial charge on any atom is -0.466 e. The predicted molar refractivity (Wildman–Crippen MR) is 80.4 cm³/mol. The molecule has 0 aliphatic carbocycles. The first kappa shape index (κ1) is 14.4. The van der Waals surface area contributed by atoms with Crippen molar-refractivity contribution in [2.45, 2.75) is 26.2 Å². The molecule has 0 radical (unpaired) electrons. The van der Waals surface area contributed by atoms with E-state index in [0.29, 0.717) is 19.4 Å². The highest BCUT2D eigenvalue weighted by Gasteiger charge is 2.09. The fourth-order valence-corrected chi connectivity index (χ4v) is 2.22. The second-order valence-electron chi connectivity index (χ2n) is 4.86. The number of carbonyl (C=O) groups excluding carboxylic acids is 1. The van der Waals surface area contributed by atoms with Crippen molar-refractivity contribution in [3.63, 3.8) is 0 Å². The predicted octanol–water partition coefficient (Wildman–Crippen LogP) is 3.58. The van der Waals surface area contributed by atoms with E-state index in [1.165, 1.54) is 11.3 Å². The van der Waals surface area contributed by atoms with Gasteiger partial charge in [-0.3, -0.25) is 4.79 Å². The van der Waals surface area contributed by atoms with Crippen LogP contribution in [0.25, 0.3) is 11.3 Å². The average molecular weight is 271 g/mol. The van der Waals surface area contributed by atoms with Gasteiger partial charge in [-0.1, -0.05) is 37.3 Å². The summed E-state index contributed by atoms with van der Waals surface area (Å²) in [6.45, 7) is 2.51. The van der Waals surface area contributed by atoms with E-state index in [9.17, 15) is 4.79 Å². The molecular weight excluding hydrogens is 250 g/mol. The van der Waals surface area contributed by atoms with Crippen molar-refractivity contribution in [2.75, 3.05) is 6.61 Å². The molecule has 0 spiro atoms. The molecule has 0 aliphatic heterocycles.